The van der Waals surface area contributed by atoms with E-state index in [1.54, 1.807) is 12.1 Å². The van der Waals surface area contributed by atoms with Crippen molar-refractivity contribution in [3.05, 3.63) is 35.2 Å². The number of carbonyl (C=O) groups excluding carboxylic acids is 1. The fourth-order valence-electron chi connectivity index (χ4n) is 2.08. The standard InChI is InChI=1S/C14H15ClN4O3.ClH/c15-10-3-1-2-9(6-10)13-18-12(22-19-13)8-17-14(20)11-7-16-4-5-21-11;/h1-3,6,11,16H,4-5,7-8H2,(H,17,20);1H. The predicted octanol–water partition coefficient (Wildman–Crippen LogP) is 1.42. The van der Waals surface area contributed by atoms with Crippen LogP contribution in [0, 0.1) is 0 Å². The van der Waals surface area contributed by atoms with E-state index in [4.69, 9.17) is 20.9 Å². The fraction of sp³-hybridized carbons (Fsp3) is 0.357. The van der Waals surface area contributed by atoms with Gasteiger partial charge in [-0.3, -0.25) is 4.79 Å². The van der Waals surface area contributed by atoms with Crippen molar-refractivity contribution in [2.75, 3.05) is 19.7 Å². The molecule has 1 aliphatic heterocycles. The van der Waals surface area contributed by atoms with Gasteiger partial charge in [0.25, 0.3) is 5.91 Å². The number of halogens is 2. The highest BCUT2D eigenvalue weighted by Gasteiger charge is 2.22. The first-order valence-electron chi connectivity index (χ1n) is 6.91. The van der Waals surface area contributed by atoms with Crippen LogP contribution in [0.5, 0.6) is 0 Å². The Morgan fingerprint density at radius 3 is 3.09 bits per heavy atom. The number of benzene rings is 1. The number of morpholine rings is 1. The van der Waals surface area contributed by atoms with Crippen LogP contribution in [-0.4, -0.2) is 41.8 Å². The maximum atomic E-state index is 11.9. The maximum absolute atomic E-state index is 11.9. The zero-order valence-electron chi connectivity index (χ0n) is 12.1. The third kappa shape index (κ3) is 4.65. The summed E-state index contributed by atoms with van der Waals surface area (Å²) in [5.74, 6) is 0.559. The molecule has 2 N–H and O–H groups in total. The lowest BCUT2D eigenvalue weighted by atomic mass is 10.2. The van der Waals surface area contributed by atoms with Crippen LogP contribution < -0.4 is 10.6 Å². The van der Waals surface area contributed by atoms with Gasteiger partial charge in [-0.05, 0) is 12.1 Å². The van der Waals surface area contributed by atoms with Gasteiger partial charge < -0.3 is 19.9 Å². The van der Waals surface area contributed by atoms with E-state index in [0.29, 0.717) is 29.9 Å². The van der Waals surface area contributed by atoms with Crippen LogP contribution in [0.1, 0.15) is 5.89 Å². The monoisotopic (exact) mass is 358 g/mol. The summed E-state index contributed by atoms with van der Waals surface area (Å²) in [5.41, 5.74) is 0.758. The van der Waals surface area contributed by atoms with Gasteiger partial charge >= 0.3 is 0 Å². The molecule has 0 radical (unpaired) electrons. The van der Waals surface area contributed by atoms with E-state index in [1.165, 1.54) is 0 Å². The van der Waals surface area contributed by atoms with Crippen molar-refractivity contribution in [1.29, 1.82) is 0 Å². The molecular formula is C14H16Cl2N4O3. The van der Waals surface area contributed by atoms with Gasteiger partial charge in [0.15, 0.2) is 0 Å². The highest BCUT2D eigenvalue weighted by molar-refractivity contribution is 6.30. The molecule has 1 amide bonds. The second kappa shape index (κ2) is 8.26. The maximum Gasteiger partial charge on any atom is 0.250 e. The summed E-state index contributed by atoms with van der Waals surface area (Å²) in [5, 5.41) is 10.3. The van der Waals surface area contributed by atoms with Crippen molar-refractivity contribution in [2.24, 2.45) is 0 Å². The van der Waals surface area contributed by atoms with Crippen molar-refractivity contribution in [3.8, 4) is 11.4 Å². The number of rotatable bonds is 4. The highest BCUT2D eigenvalue weighted by Crippen LogP contribution is 2.19. The average molecular weight is 359 g/mol. The molecule has 7 nitrogen and oxygen atoms in total. The molecule has 1 fully saturated rings. The summed E-state index contributed by atoms with van der Waals surface area (Å²) in [4.78, 5) is 16.1. The molecule has 23 heavy (non-hydrogen) atoms. The van der Waals surface area contributed by atoms with Crippen LogP contribution in [0.4, 0.5) is 0 Å². The van der Waals surface area contributed by atoms with Gasteiger partial charge in [0.05, 0.1) is 13.2 Å². The number of ether oxygens (including phenoxy) is 1. The molecule has 1 atom stereocenters. The molecule has 0 spiro atoms. The van der Waals surface area contributed by atoms with Gasteiger partial charge in [-0.15, -0.1) is 12.4 Å². The smallest absolute Gasteiger partial charge is 0.250 e. The molecule has 1 saturated heterocycles. The predicted molar refractivity (Wildman–Crippen MR) is 86.4 cm³/mol. The Morgan fingerprint density at radius 2 is 2.35 bits per heavy atom. The van der Waals surface area contributed by atoms with E-state index in [0.717, 1.165) is 12.1 Å². The molecule has 2 heterocycles. The number of carbonyl (C=O) groups is 1. The van der Waals surface area contributed by atoms with E-state index in [2.05, 4.69) is 20.8 Å². The highest BCUT2D eigenvalue weighted by atomic mass is 35.5. The molecule has 124 valence electrons. The second-order valence-corrected chi connectivity index (χ2v) is 5.24. The Balaban J connectivity index is 0.00000192. The third-order valence-electron chi connectivity index (χ3n) is 3.18. The minimum absolute atomic E-state index is 0. The van der Waals surface area contributed by atoms with E-state index < -0.39 is 6.10 Å². The van der Waals surface area contributed by atoms with Crippen LogP contribution in [0.2, 0.25) is 5.02 Å². The lowest BCUT2D eigenvalue weighted by Crippen LogP contribution is -2.47. The minimum Gasteiger partial charge on any atom is -0.366 e. The van der Waals surface area contributed by atoms with Crippen molar-refractivity contribution >= 4 is 29.9 Å². The van der Waals surface area contributed by atoms with Crippen LogP contribution in [0.15, 0.2) is 28.8 Å². The Bertz CT molecular complexity index is 659. The van der Waals surface area contributed by atoms with E-state index in [1.807, 2.05) is 12.1 Å². The van der Waals surface area contributed by atoms with Crippen LogP contribution in [0.25, 0.3) is 11.4 Å². The topological polar surface area (TPSA) is 89.3 Å². The SMILES string of the molecule is Cl.O=C(NCc1nc(-c2cccc(Cl)c2)no1)C1CNCCO1. The largest absolute Gasteiger partial charge is 0.366 e. The lowest BCUT2D eigenvalue weighted by Gasteiger charge is -2.22. The summed E-state index contributed by atoms with van der Waals surface area (Å²) in [6.45, 7) is 1.95. The first-order chi connectivity index (χ1) is 10.7. The molecule has 1 aromatic heterocycles. The number of nitrogens with zero attached hydrogens (tertiary/aromatic N) is 2. The Morgan fingerprint density at radius 1 is 1.48 bits per heavy atom. The van der Waals surface area contributed by atoms with Gasteiger partial charge in [-0.2, -0.15) is 4.98 Å². The summed E-state index contributed by atoms with van der Waals surface area (Å²) in [7, 11) is 0. The summed E-state index contributed by atoms with van der Waals surface area (Å²) in [6.07, 6.45) is -0.482. The van der Waals surface area contributed by atoms with Gasteiger partial charge in [-0.1, -0.05) is 28.9 Å². The molecule has 0 bridgehead atoms. The zero-order valence-corrected chi connectivity index (χ0v) is 13.7. The summed E-state index contributed by atoms with van der Waals surface area (Å²) in [6, 6.07) is 7.16. The molecular weight excluding hydrogens is 343 g/mol. The van der Waals surface area contributed by atoms with E-state index in [9.17, 15) is 4.79 Å². The molecule has 1 aliphatic rings. The molecule has 2 aromatic rings. The minimum atomic E-state index is -0.482. The summed E-state index contributed by atoms with van der Waals surface area (Å²) < 4.78 is 10.5. The Labute approximate surface area is 144 Å². The number of nitrogens with one attached hydrogen (secondary N) is 2. The molecule has 1 unspecified atom stereocenters. The molecule has 0 aliphatic carbocycles. The van der Waals surface area contributed by atoms with Crippen LogP contribution in [-0.2, 0) is 16.1 Å². The number of aromatic nitrogens is 2. The Kier molecular flexibility index (Phi) is 6.35. The molecule has 1 aromatic carbocycles. The quantitative estimate of drug-likeness (QED) is 0.858. The number of amides is 1. The lowest BCUT2D eigenvalue weighted by molar-refractivity contribution is -0.134. The number of hydrogen-bond acceptors (Lipinski definition) is 6. The van der Waals surface area contributed by atoms with Crippen molar-refractivity contribution in [1.82, 2.24) is 20.8 Å². The van der Waals surface area contributed by atoms with Gasteiger partial charge in [0.1, 0.15) is 6.10 Å². The third-order valence-corrected chi connectivity index (χ3v) is 3.42. The normalized spacial score (nSPS) is 17.3. The molecule has 0 saturated carbocycles. The first-order valence-corrected chi connectivity index (χ1v) is 7.29. The zero-order chi connectivity index (χ0) is 15.4. The van der Waals surface area contributed by atoms with Crippen molar-refractivity contribution < 1.29 is 14.1 Å². The average Bonchev–Trinajstić information content (AvgIpc) is 3.02. The van der Waals surface area contributed by atoms with Crippen LogP contribution >= 0.6 is 24.0 Å². The van der Waals surface area contributed by atoms with Crippen LogP contribution in [0.3, 0.4) is 0 Å². The molecule has 3 rings (SSSR count). The fourth-order valence-corrected chi connectivity index (χ4v) is 2.27. The summed E-state index contributed by atoms with van der Waals surface area (Å²) >= 11 is 5.93. The molecule has 9 heteroatoms. The van der Waals surface area contributed by atoms with E-state index >= 15 is 0 Å². The van der Waals surface area contributed by atoms with Gasteiger partial charge in [0, 0.05) is 23.7 Å². The van der Waals surface area contributed by atoms with E-state index in [-0.39, 0.29) is 24.9 Å². The van der Waals surface area contributed by atoms with Crippen molar-refractivity contribution in [3.63, 3.8) is 0 Å². The second-order valence-electron chi connectivity index (χ2n) is 4.80. The van der Waals surface area contributed by atoms with Gasteiger partial charge in [-0.25, -0.2) is 0 Å². The van der Waals surface area contributed by atoms with Crippen molar-refractivity contribution in [2.45, 2.75) is 12.6 Å². The number of hydrogen-bond donors (Lipinski definition) is 2. The first kappa shape index (κ1) is 17.7. The van der Waals surface area contributed by atoms with Gasteiger partial charge in [0.2, 0.25) is 11.7 Å². The Hall–Kier alpha value is -1.67.